The van der Waals surface area contributed by atoms with Crippen LogP contribution in [0.3, 0.4) is 0 Å². The number of anilines is 1. The van der Waals surface area contributed by atoms with Gasteiger partial charge in [-0.05, 0) is 49.2 Å². The molecule has 1 saturated heterocycles. The van der Waals surface area contributed by atoms with Gasteiger partial charge in [0.05, 0.1) is 5.69 Å². The van der Waals surface area contributed by atoms with E-state index >= 15 is 0 Å². The van der Waals surface area contributed by atoms with Gasteiger partial charge in [-0.2, -0.15) is 0 Å². The van der Waals surface area contributed by atoms with Crippen molar-refractivity contribution in [1.82, 2.24) is 9.88 Å². The van der Waals surface area contributed by atoms with Gasteiger partial charge in [0.25, 0.3) is 5.91 Å². The van der Waals surface area contributed by atoms with Crippen LogP contribution in [0.4, 0.5) is 5.13 Å². The van der Waals surface area contributed by atoms with Crippen LogP contribution >= 0.6 is 11.3 Å². The van der Waals surface area contributed by atoms with Gasteiger partial charge < -0.3 is 0 Å². The van der Waals surface area contributed by atoms with E-state index in [2.05, 4.69) is 15.2 Å². The van der Waals surface area contributed by atoms with E-state index in [9.17, 15) is 9.59 Å². The van der Waals surface area contributed by atoms with Gasteiger partial charge in [-0.15, -0.1) is 11.3 Å². The number of piperidine rings is 1. The van der Waals surface area contributed by atoms with Gasteiger partial charge in [-0.3, -0.25) is 19.8 Å². The molecule has 0 radical (unpaired) electrons. The van der Waals surface area contributed by atoms with Crippen molar-refractivity contribution in [2.24, 2.45) is 0 Å². The van der Waals surface area contributed by atoms with E-state index in [1.807, 2.05) is 35.7 Å². The maximum Gasteiger partial charge on any atom is 0.257 e. The second kappa shape index (κ2) is 7.54. The monoisotopic (exact) mass is 403 g/mol. The molecule has 1 amide bonds. The molecule has 6 heteroatoms. The molecule has 2 aromatic carbocycles. The van der Waals surface area contributed by atoms with E-state index in [1.165, 1.54) is 30.6 Å². The van der Waals surface area contributed by atoms with Crippen molar-refractivity contribution in [2.45, 2.75) is 25.8 Å². The second-order valence-corrected chi connectivity index (χ2v) is 8.43. The Balaban J connectivity index is 1.30. The summed E-state index contributed by atoms with van der Waals surface area (Å²) in [5.74, 6) is -0.265. The fourth-order valence-electron chi connectivity index (χ4n) is 4.12. The van der Waals surface area contributed by atoms with Crippen LogP contribution < -0.4 is 5.32 Å². The molecule has 0 unspecified atom stereocenters. The standard InChI is InChI=1S/C23H21N3O2S/c27-21-19-7-3-2-6-17(19)18-9-8-15(12-20(18)21)22(28)25-23-24-16(14-29-23)13-26-10-4-1-5-11-26/h2-3,6-9,12,14H,1,4-5,10-11,13H2,(H,24,25,28). The normalized spacial score (nSPS) is 15.8. The summed E-state index contributed by atoms with van der Waals surface area (Å²) in [6.45, 7) is 3.06. The molecular formula is C23H21N3O2S. The summed E-state index contributed by atoms with van der Waals surface area (Å²) in [7, 11) is 0. The van der Waals surface area contributed by atoms with Crippen molar-refractivity contribution in [1.29, 1.82) is 0 Å². The first-order valence-electron chi connectivity index (χ1n) is 9.95. The number of thiazole rings is 1. The lowest BCUT2D eigenvalue weighted by Crippen LogP contribution is -2.29. The number of likely N-dealkylation sites (tertiary alicyclic amines) is 1. The molecule has 1 fully saturated rings. The maximum atomic E-state index is 12.7. The van der Waals surface area contributed by atoms with Crippen molar-refractivity contribution < 1.29 is 9.59 Å². The molecule has 5 nitrogen and oxygen atoms in total. The van der Waals surface area contributed by atoms with Gasteiger partial charge >= 0.3 is 0 Å². The predicted octanol–water partition coefficient (Wildman–Crippen LogP) is 4.59. The van der Waals surface area contributed by atoms with Crippen molar-refractivity contribution in [3.8, 4) is 11.1 Å². The zero-order valence-corrected chi connectivity index (χ0v) is 16.8. The smallest absolute Gasteiger partial charge is 0.257 e. The molecule has 1 aliphatic heterocycles. The average Bonchev–Trinajstić information content (AvgIpc) is 3.31. The Morgan fingerprint density at radius 1 is 1.00 bits per heavy atom. The van der Waals surface area contributed by atoms with Crippen LogP contribution in [-0.2, 0) is 6.54 Å². The highest BCUT2D eigenvalue weighted by atomic mass is 32.1. The Labute approximate surface area is 173 Å². The minimum absolute atomic E-state index is 0.0247. The van der Waals surface area contributed by atoms with E-state index in [0.717, 1.165) is 36.5 Å². The van der Waals surface area contributed by atoms with Gasteiger partial charge in [0.1, 0.15) is 0 Å². The number of nitrogens with zero attached hydrogens (tertiary/aromatic N) is 2. The lowest BCUT2D eigenvalue weighted by molar-refractivity contribution is 0.102. The van der Waals surface area contributed by atoms with Gasteiger partial charge in [-0.1, -0.05) is 36.8 Å². The molecule has 3 aromatic rings. The maximum absolute atomic E-state index is 12.7. The number of carbonyl (C=O) groups is 2. The molecule has 1 aliphatic carbocycles. The van der Waals surface area contributed by atoms with Crippen LogP contribution in [0.25, 0.3) is 11.1 Å². The number of hydrogen-bond donors (Lipinski definition) is 1. The van der Waals surface area contributed by atoms with Crippen molar-refractivity contribution >= 4 is 28.2 Å². The molecule has 29 heavy (non-hydrogen) atoms. The molecule has 2 aliphatic rings. The first-order chi connectivity index (χ1) is 14.2. The number of benzene rings is 2. The quantitative estimate of drug-likeness (QED) is 0.541. The first-order valence-corrected chi connectivity index (χ1v) is 10.8. The third-order valence-electron chi connectivity index (χ3n) is 5.59. The number of nitrogens with one attached hydrogen (secondary N) is 1. The molecule has 1 N–H and O–H groups in total. The molecule has 1 aromatic heterocycles. The molecular weight excluding hydrogens is 382 g/mol. The molecule has 0 saturated carbocycles. The number of ketones is 1. The summed E-state index contributed by atoms with van der Waals surface area (Å²) in [6, 6.07) is 12.9. The third-order valence-corrected chi connectivity index (χ3v) is 6.40. The topological polar surface area (TPSA) is 62.3 Å². The van der Waals surface area contributed by atoms with E-state index in [1.54, 1.807) is 12.1 Å². The average molecular weight is 404 g/mol. The van der Waals surface area contributed by atoms with Crippen LogP contribution in [-0.4, -0.2) is 34.7 Å². The molecule has 0 spiro atoms. The van der Waals surface area contributed by atoms with Gasteiger partial charge in [0.15, 0.2) is 10.9 Å². The summed E-state index contributed by atoms with van der Waals surface area (Å²) in [5, 5.41) is 5.48. The number of fused-ring (bicyclic) bond motifs is 3. The molecule has 0 atom stereocenters. The fraction of sp³-hybridized carbons (Fsp3) is 0.261. The highest BCUT2D eigenvalue weighted by Crippen LogP contribution is 2.36. The highest BCUT2D eigenvalue weighted by Gasteiger charge is 2.27. The Kier molecular flexibility index (Phi) is 4.73. The fourth-order valence-corrected chi connectivity index (χ4v) is 4.82. The Hall–Kier alpha value is -2.83. The number of hydrogen-bond acceptors (Lipinski definition) is 5. The lowest BCUT2D eigenvalue weighted by Gasteiger charge is -2.25. The van der Waals surface area contributed by atoms with Crippen LogP contribution in [0.15, 0.2) is 47.8 Å². The number of carbonyl (C=O) groups excluding carboxylic acids is 2. The Morgan fingerprint density at radius 3 is 2.59 bits per heavy atom. The van der Waals surface area contributed by atoms with E-state index in [0.29, 0.717) is 21.8 Å². The number of rotatable bonds is 4. The Bertz CT molecular complexity index is 1100. The zero-order chi connectivity index (χ0) is 19.8. The first kappa shape index (κ1) is 18.2. The van der Waals surface area contributed by atoms with E-state index in [-0.39, 0.29) is 11.7 Å². The summed E-state index contributed by atoms with van der Waals surface area (Å²) >= 11 is 1.44. The van der Waals surface area contributed by atoms with Gasteiger partial charge in [-0.25, -0.2) is 4.98 Å². The molecule has 2 heterocycles. The number of amides is 1. The zero-order valence-electron chi connectivity index (χ0n) is 16.0. The third kappa shape index (κ3) is 3.50. The lowest BCUT2D eigenvalue weighted by atomic mass is 10.0. The minimum Gasteiger partial charge on any atom is -0.298 e. The summed E-state index contributed by atoms with van der Waals surface area (Å²) in [5.41, 5.74) is 4.57. The number of aromatic nitrogens is 1. The van der Waals surface area contributed by atoms with Crippen molar-refractivity contribution in [2.75, 3.05) is 18.4 Å². The molecule has 0 bridgehead atoms. The Morgan fingerprint density at radius 2 is 1.76 bits per heavy atom. The second-order valence-electron chi connectivity index (χ2n) is 7.57. The summed E-state index contributed by atoms with van der Waals surface area (Å²) in [6.07, 6.45) is 3.80. The van der Waals surface area contributed by atoms with Crippen LogP contribution in [0.1, 0.15) is 51.2 Å². The van der Waals surface area contributed by atoms with E-state index < -0.39 is 0 Å². The van der Waals surface area contributed by atoms with Crippen LogP contribution in [0.2, 0.25) is 0 Å². The van der Waals surface area contributed by atoms with Gasteiger partial charge in [0, 0.05) is 28.6 Å². The van der Waals surface area contributed by atoms with Crippen molar-refractivity contribution in [3.63, 3.8) is 0 Å². The summed E-state index contributed by atoms with van der Waals surface area (Å²) < 4.78 is 0. The molecule has 5 rings (SSSR count). The largest absolute Gasteiger partial charge is 0.298 e. The molecule has 146 valence electrons. The van der Waals surface area contributed by atoms with Crippen LogP contribution in [0, 0.1) is 0 Å². The highest BCUT2D eigenvalue weighted by molar-refractivity contribution is 7.14. The van der Waals surface area contributed by atoms with Crippen molar-refractivity contribution in [3.05, 3.63) is 70.2 Å². The van der Waals surface area contributed by atoms with Gasteiger partial charge in [0.2, 0.25) is 0 Å². The predicted molar refractivity (Wildman–Crippen MR) is 115 cm³/mol. The minimum atomic E-state index is -0.240. The summed E-state index contributed by atoms with van der Waals surface area (Å²) in [4.78, 5) is 32.4. The van der Waals surface area contributed by atoms with Crippen LogP contribution in [0.5, 0.6) is 0 Å². The SMILES string of the molecule is O=C(Nc1nc(CN2CCCCC2)cs1)c1ccc2c(c1)C(=O)c1ccccc1-2. The van der Waals surface area contributed by atoms with E-state index in [4.69, 9.17) is 0 Å².